The van der Waals surface area contributed by atoms with Gasteiger partial charge < -0.3 is 10.2 Å². The summed E-state index contributed by atoms with van der Waals surface area (Å²) in [6.07, 6.45) is 5.30. The topological polar surface area (TPSA) is 78.1 Å². The number of nitrogens with one attached hydrogen (secondary N) is 2. The molecule has 0 bridgehead atoms. The van der Waals surface area contributed by atoms with Gasteiger partial charge in [-0.25, -0.2) is 8.78 Å². The predicted molar refractivity (Wildman–Crippen MR) is 114 cm³/mol. The molecule has 2 amide bonds. The van der Waals surface area contributed by atoms with Crippen molar-refractivity contribution in [3.63, 3.8) is 0 Å². The molecule has 1 aliphatic carbocycles. The van der Waals surface area contributed by atoms with E-state index in [0.717, 1.165) is 25.7 Å². The number of amides is 2. The summed E-state index contributed by atoms with van der Waals surface area (Å²) in [6.45, 7) is 0.0538. The molecule has 2 N–H and O–H groups in total. The monoisotopic (exact) mass is 438 g/mol. The number of hydrogen-bond donors (Lipinski definition) is 2. The van der Waals surface area contributed by atoms with Crippen LogP contribution < -0.4 is 5.32 Å². The van der Waals surface area contributed by atoms with Crippen molar-refractivity contribution in [2.75, 3.05) is 0 Å². The Hall–Kier alpha value is -3.55. The summed E-state index contributed by atoms with van der Waals surface area (Å²) in [5.74, 6) is -1.61. The molecule has 2 aromatic carbocycles. The van der Waals surface area contributed by atoms with Crippen molar-refractivity contribution in [3.05, 3.63) is 89.2 Å². The van der Waals surface area contributed by atoms with Gasteiger partial charge in [-0.05, 0) is 54.3 Å². The lowest BCUT2D eigenvalue weighted by atomic mass is 10.0. The molecule has 4 rings (SSSR count). The molecular formula is C24H24F2N4O2. The van der Waals surface area contributed by atoms with Crippen molar-refractivity contribution in [2.45, 2.75) is 44.3 Å². The number of carbonyl (C=O) groups is 2. The molecule has 166 valence electrons. The third-order valence-corrected chi connectivity index (χ3v) is 5.71. The van der Waals surface area contributed by atoms with Gasteiger partial charge in [0.25, 0.3) is 5.91 Å². The fourth-order valence-electron chi connectivity index (χ4n) is 4.06. The Balaban J connectivity index is 1.73. The predicted octanol–water partition coefficient (Wildman–Crippen LogP) is 4.13. The molecule has 1 fully saturated rings. The van der Waals surface area contributed by atoms with Gasteiger partial charge in [0, 0.05) is 18.8 Å². The lowest BCUT2D eigenvalue weighted by Crippen LogP contribution is -2.46. The standard InChI is InChI=1S/C24H24F2N4O2/c25-18-9-5-16(6-10-18)15-30(24(32)21-13-14-27-29-21)22(17-7-11-19(26)12-8-17)23(31)28-20-3-1-2-4-20/h5-14,20,22H,1-4,15H2,(H,27,29)(H,28,31)/t22-/m0/s1. The first kappa shape index (κ1) is 21.7. The van der Waals surface area contributed by atoms with E-state index in [4.69, 9.17) is 0 Å². The summed E-state index contributed by atoms with van der Waals surface area (Å²) in [6, 6.07) is 11.9. The molecule has 0 saturated heterocycles. The third kappa shape index (κ3) is 5.01. The van der Waals surface area contributed by atoms with Gasteiger partial charge in [-0.1, -0.05) is 37.1 Å². The second-order valence-electron chi connectivity index (χ2n) is 7.97. The van der Waals surface area contributed by atoms with Gasteiger partial charge >= 0.3 is 0 Å². The van der Waals surface area contributed by atoms with Crippen molar-refractivity contribution in [1.29, 1.82) is 0 Å². The summed E-state index contributed by atoms with van der Waals surface area (Å²) in [7, 11) is 0. The lowest BCUT2D eigenvalue weighted by molar-refractivity contribution is -0.126. The van der Waals surface area contributed by atoms with Crippen LogP contribution in [0.3, 0.4) is 0 Å². The van der Waals surface area contributed by atoms with E-state index < -0.39 is 23.6 Å². The van der Waals surface area contributed by atoms with Crippen LogP contribution in [-0.2, 0) is 11.3 Å². The van der Waals surface area contributed by atoms with Crippen molar-refractivity contribution >= 4 is 11.8 Å². The van der Waals surface area contributed by atoms with Gasteiger partial charge in [0.05, 0.1) is 0 Å². The first-order valence-corrected chi connectivity index (χ1v) is 10.6. The number of aromatic amines is 1. The van der Waals surface area contributed by atoms with Crippen LogP contribution in [-0.4, -0.2) is 33.0 Å². The minimum atomic E-state index is -1.00. The van der Waals surface area contributed by atoms with Crippen molar-refractivity contribution in [3.8, 4) is 0 Å². The van der Waals surface area contributed by atoms with Gasteiger partial charge in [0.1, 0.15) is 23.4 Å². The number of benzene rings is 2. The molecule has 0 unspecified atom stereocenters. The van der Waals surface area contributed by atoms with Gasteiger partial charge in [-0.15, -0.1) is 0 Å². The summed E-state index contributed by atoms with van der Waals surface area (Å²) < 4.78 is 27.0. The summed E-state index contributed by atoms with van der Waals surface area (Å²) in [4.78, 5) is 28.3. The van der Waals surface area contributed by atoms with Crippen molar-refractivity contribution < 1.29 is 18.4 Å². The smallest absolute Gasteiger partial charge is 0.273 e. The van der Waals surface area contributed by atoms with Crippen LogP contribution in [0.25, 0.3) is 0 Å². The fraction of sp³-hybridized carbons (Fsp3) is 0.292. The van der Waals surface area contributed by atoms with Crippen LogP contribution in [0, 0.1) is 11.6 Å². The van der Waals surface area contributed by atoms with Crippen LogP contribution in [0.2, 0.25) is 0 Å². The van der Waals surface area contributed by atoms with Crippen molar-refractivity contribution in [2.24, 2.45) is 0 Å². The van der Waals surface area contributed by atoms with Gasteiger partial charge in [-0.3, -0.25) is 14.7 Å². The number of rotatable bonds is 7. The second-order valence-corrected chi connectivity index (χ2v) is 7.97. The Labute approximate surface area is 184 Å². The Bertz CT molecular complexity index is 1050. The molecule has 1 aromatic heterocycles. The Morgan fingerprint density at radius 1 is 1.00 bits per heavy atom. The number of hydrogen-bond acceptors (Lipinski definition) is 3. The molecule has 6 nitrogen and oxygen atoms in total. The number of carbonyl (C=O) groups excluding carboxylic acids is 2. The highest BCUT2D eigenvalue weighted by atomic mass is 19.1. The van der Waals surface area contributed by atoms with E-state index >= 15 is 0 Å². The van der Waals surface area contributed by atoms with E-state index in [9.17, 15) is 18.4 Å². The van der Waals surface area contributed by atoms with Gasteiger partial charge in [0.15, 0.2) is 0 Å². The number of aromatic nitrogens is 2. The molecule has 3 aromatic rings. The average molecular weight is 438 g/mol. The molecule has 1 atom stereocenters. The quantitative estimate of drug-likeness (QED) is 0.582. The first-order valence-electron chi connectivity index (χ1n) is 10.6. The van der Waals surface area contributed by atoms with Crippen LogP contribution in [0.15, 0.2) is 60.8 Å². The van der Waals surface area contributed by atoms with E-state index in [1.807, 2.05) is 0 Å². The Morgan fingerprint density at radius 3 is 2.22 bits per heavy atom. The van der Waals surface area contributed by atoms with Crippen LogP contribution in [0.5, 0.6) is 0 Å². The molecule has 1 saturated carbocycles. The number of H-pyrrole nitrogens is 1. The summed E-state index contributed by atoms with van der Waals surface area (Å²) in [5, 5.41) is 9.55. The normalized spacial score (nSPS) is 14.8. The molecule has 32 heavy (non-hydrogen) atoms. The Morgan fingerprint density at radius 2 is 1.62 bits per heavy atom. The molecule has 0 radical (unpaired) electrons. The zero-order valence-corrected chi connectivity index (χ0v) is 17.4. The van der Waals surface area contributed by atoms with Gasteiger partial charge in [0.2, 0.25) is 5.91 Å². The molecular weight excluding hydrogens is 414 g/mol. The lowest BCUT2D eigenvalue weighted by Gasteiger charge is -2.32. The summed E-state index contributed by atoms with van der Waals surface area (Å²) >= 11 is 0. The second kappa shape index (κ2) is 9.72. The molecule has 1 heterocycles. The van der Waals surface area contributed by atoms with E-state index in [2.05, 4.69) is 15.5 Å². The maximum atomic E-state index is 13.6. The minimum absolute atomic E-state index is 0.0420. The minimum Gasteiger partial charge on any atom is -0.351 e. The van der Waals surface area contributed by atoms with Crippen LogP contribution >= 0.6 is 0 Å². The first-order chi connectivity index (χ1) is 15.5. The van der Waals surface area contributed by atoms with Crippen molar-refractivity contribution in [1.82, 2.24) is 20.4 Å². The molecule has 1 aliphatic rings. The number of halogens is 2. The highest BCUT2D eigenvalue weighted by Crippen LogP contribution is 2.27. The average Bonchev–Trinajstić information content (AvgIpc) is 3.50. The van der Waals surface area contributed by atoms with Gasteiger partial charge in [-0.2, -0.15) is 5.10 Å². The van der Waals surface area contributed by atoms with E-state index in [1.165, 1.54) is 53.6 Å². The zero-order valence-electron chi connectivity index (χ0n) is 17.4. The summed E-state index contributed by atoms with van der Waals surface area (Å²) in [5.41, 5.74) is 1.35. The molecule has 8 heteroatoms. The van der Waals surface area contributed by atoms with E-state index in [1.54, 1.807) is 12.1 Å². The van der Waals surface area contributed by atoms with Crippen LogP contribution in [0.1, 0.15) is 53.3 Å². The zero-order chi connectivity index (χ0) is 22.5. The molecule has 0 spiro atoms. The largest absolute Gasteiger partial charge is 0.351 e. The SMILES string of the molecule is O=C(NC1CCCC1)[C@H](c1ccc(F)cc1)N(Cc1ccc(F)cc1)C(=O)c1ccn[nH]1. The van der Waals surface area contributed by atoms with E-state index in [-0.39, 0.29) is 24.2 Å². The Kier molecular flexibility index (Phi) is 6.58. The third-order valence-electron chi connectivity index (χ3n) is 5.71. The molecule has 0 aliphatic heterocycles. The maximum absolute atomic E-state index is 13.6. The number of nitrogens with zero attached hydrogens (tertiary/aromatic N) is 2. The highest BCUT2D eigenvalue weighted by Gasteiger charge is 2.34. The highest BCUT2D eigenvalue weighted by molar-refractivity contribution is 5.96. The fourth-order valence-corrected chi connectivity index (χ4v) is 4.06. The van der Waals surface area contributed by atoms with E-state index in [0.29, 0.717) is 11.1 Å². The van der Waals surface area contributed by atoms with Crippen LogP contribution in [0.4, 0.5) is 8.78 Å². The maximum Gasteiger partial charge on any atom is 0.273 e.